The Kier molecular flexibility index (Phi) is 4.23. The van der Waals surface area contributed by atoms with Crippen molar-refractivity contribution in [3.63, 3.8) is 0 Å². The Morgan fingerprint density at radius 3 is 2.85 bits per heavy atom. The van der Waals surface area contributed by atoms with Crippen LogP contribution in [0.3, 0.4) is 0 Å². The standard InChI is InChI=1S/C10H16N3/c1-3-5-8-13(4-2)10-6-7-11-12-9-10/h6-7H,3-5,8H2,1-2H3. The maximum Gasteiger partial charge on any atom is 0.139 e. The van der Waals surface area contributed by atoms with Crippen LogP contribution in [0.1, 0.15) is 26.7 Å². The van der Waals surface area contributed by atoms with E-state index in [2.05, 4.69) is 35.1 Å². The van der Waals surface area contributed by atoms with Gasteiger partial charge >= 0.3 is 0 Å². The normalized spacial score (nSPS) is 10.0. The molecule has 0 fully saturated rings. The lowest BCUT2D eigenvalue weighted by atomic mass is 10.3. The summed E-state index contributed by atoms with van der Waals surface area (Å²) in [4.78, 5) is 2.26. The maximum atomic E-state index is 3.74. The minimum atomic E-state index is 1.00. The summed E-state index contributed by atoms with van der Waals surface area (Å²) < 4.78 is 0. The molecule has 3 nitrogen and oxygen atoms in total. The number of anilines is 1. The quantitative estimate of drug-likeness (QED) is 0.689. The van der Waals surface area contributed by atoms with E-state index >= 15 is 0 Å². The molecular formula is C10H16N3. The third kappa shape index (κ3) is 3.01. The lowest BCUT2D eigenvalue weighted by molar-refractivity contribution is 0.728. The molecule has 0 saturated carbocycles. The molecule has 0 unspecified atom stereocenters. The topological polar surface area (TPSA) is 29.0 Å². The van der Waals surface area contributed by atoms with E-state index in [1.807, 2.05) is 6.07 Å². The van der Waals surface area contributed by atoms with Crippen LogP contribution < -0.4 is 4.90 Å². The maximum absolute atomic E-state index is 3.74. The Bertz CT molecular complexity index is 223. The highest BCUT2D eigenvalue weighted by molar-refractivity contribution is 5.41. The highest BCUT2D eigenvalue weighted by atomic mass is 15.2. The van der Waals surface area contributed by atoms with Gasteiger partial charge in [0.1, 0.15) is 6.20 Å². The van der Waals surface area contributed by atoms with Crippen molar-refractivity contribution in [3.05, 3.63) is 18.5 Å². The van der Waals surface area contributed by atoms with Crippen LogP contribution in [0.4, 0.5) is 5.69 Å². The van der Waals surface area contributed by atoms with Crippen LogP contribution in [-0.2, 0) is 0 Å². The SMILES string of the molecule is CCCCN(CC)c1[c]nncc1. The molecule has 71 valence electrons. The third-order valence-electron chi connectivity index (χ3n) is 2.03. The van der Waals surface area contributed by atoms with Crippen molar-refractivity contribution < 1.29 is 0 Å². The molecule has 0 aliphatic carbocycles. The lowest BCUT2D eigenvalue weighted by Crippen LogP contribution is -2.23. The zero-order valence-electron chi connectivity index (χ0n) is 8.32. The molecule has 3 heteroatoms. The molecule has 0 bridgehead atoms. The molecule has 0 saturated heterocycles. The molecule has 1 heterocycles. The molecule has 1 radical (unpaired) electrons. The van der Waals surface area contributed by atoms with E-state index in [-0.39, 0.29) is 0 Å². The van der Waals surface area contributed by atoms with Crippen molar-refractivity contribution in [1.29, 1.82) is 0 Å². The Hall–Kier alpha value is -1.12. The molecule has 0 amide bonds. The lowest BCUT2D eigenvalue weighted by Gasteiger charge is -2.21. The Morgan fingerprint density at radius 2 is 2.31 bits per heavy atom. The van der Waals surface area contributed by atoms with E-state index in [1.165, 1.54) is 12.8 Å². The fourth-order valence-electron chi connectivity index (χ4n) is 1.23. The van der Waals surface area contributed by atoms with Gasteiger partial charge in [0.2, 0.25) is 0 Å². The highest BCUT2D eigenvalue weighted by Gasteiger charge is 2.02. The highest BCUT2D eigenvalue weighted by Crippen LogP contribution is 2.10. The first-order chi connectivity index (χ1) is 6.38. The monoisotopic (exact) mass is 178 g/mol. The zero-order valence-corrected chi connectivity index (χ0v) is 8.32. The summed E-state index contributed by atoms with van der Waals surface area (Å²) in [5.41, 5.74) is 1.05. The molecule has 0 aliphatic heterocycles. The average Bonchev–Trinajstić information content (AvgIpc) is 2.21. The van der Waals surface area contributed by atoms with Gasteiger partial charge in [-0.05, 0) is 19.4 Å². The molecule has 0 aliphatic rings. The number of hydrogen-bond acceptors (Lipinski definition) is 3. The van der Waals surface area contributed by atoms with Crippen LogP contribution in [0, 0.1) is 6.20 Å². The smallest absolute Gasteiger partial charge is 0.139 e. The summed E-state index contributed by atoms with van der Waals surface area (Å²) >= 11 is 0. The van der Waals surface area contributed by atoms with Crippen molar-refractivity contribution in [2.75, 3.05) is 18.0 Å². The number of hydrogen-bond donors (Lipinski definition) is 0. The van der Waals surface area contributed by atoms with Gasteiger partial charge < -0.3 is 4.90 Å². The number of rotatable bonds is 5. The fraction of sp³-hybridized carbons (Fsp3) is 0.600. The minimum Gasteiger partial charge on any atom is -0.370 e. The first kappa shape index (κ1) is 9.96. The second-order valence-corrected chi connectivity index (χ2v) is 2.96. The molecule has 0 N–H and O–H groups in total. The van der Waals surface area contributed by atoms with Crippen LogP contribution in [0.15, 0.2) is 12.3 Å². The zero-order chi connectivity index (χ0) is 9.52. The van der Waals surface area contributed by atoms with Gasteiger partial charge in [-0.15, -0.1) is 5.10 Å². The predicted molar refractivity (Wildman–Crippen MR) is 53.7 cm³/mol. The van der Waals surface area contributed by atoms with E-state index in [0.29, 0.717) is 0 Å². The third-order valence-corrected chi connectivity index (χ3v) is 2.03. The molecule has 1 aromatic rings. The molecule has 0 atom stereocenters. The molecular weight excluding hydrogens is 162 g/mol. The predicted octanol–water partition coefficient (Wildman–Crippen LogP) is 1.90. The Morgan fingerprint density at radius 1 is 1.46 bits per heavy atom. The summed E-state index contributed by atoms with van der Waals surface area (Å²) in [6, 6.07) is 1.95. The molecule has 0 spiro atoms. The Labute approximate surface area is 79.8 Å². The first-order valence-electron chi connectivity index (χ1n) is 4.82. The number of unbranched alkanes of at least 4 members (excludes halogenated alkanes) is 1. The van der Waals surface area contributed by atoms with Gasteiger partial charge in [0.15, 0.2) is 0 Å². The van der Waals surface area contributed by atoms with Crippen LogP contribution in [0.2, 0.25) is 0 Å². The first-order valence-corrected chi connectivity index (χ1v) is 4.82. The fourth-order valence-corrected chi connectivity index (χ4v) is 1.23. The second-order valence-electron chi connectivity index (χ2n) is 2.96. The minimum absolute atomic E-state index is 1.00. The van der Waals surface area contributed by atoms with Crippen molar-refractivity contribution >= 4 is 5.69 Å². The summed E-state index contributed by atoms with van der Waals surface area (Å²) in [5.74, 6) is 0. The summed E-state index contributed by atoms with van der Waals surface area (Å²) in [6.45, 7) is 6.42. The van der Waals surface area contributed by atoms with Crippen molar-refractivity contribution in [2.24, 2.45) is 0 Å². The van der Waals surface area contributed by atoms with Crippen molar-refractivity contribution in [1.82, 2.24) is 10.2 Å². The van der Waals surface area contributed by atoms with Crippen LogP contribution >= 0.6 is 0 Å². The van der Waals surface area contributed by atoms with E-state index in [4.69, 9.17) is 0 Å². The second kappa shape index (κ2) is 5.51. The largest absolute Gasteiger partial charge is 0.370 e. The van der Waals surface area contributed by atoms with Gasteiger partial charge in [-0.25, -0.2) is 0 Å². The van der Waals surface area contributed by atoms with Crippen molar-refractivity contribution in [3.8, 4) is 0 Å². The van der Waals surface area contributed by atoms with E-state index in [9.17, 15) is 0 Å². The molecule has 0 aromatic carbocycles. The van der Waals surface area contributed by atoms with E-state index in [1.54, 1.807) is 6.20 Å². The van der Waals surface area contributed by atoms with Gasteiger partial charge in [0.05, 0.1) is 11.9 Å². The number of aromatic nitrogens is 2. The molecule has 1 rings (SSSR count). The van der Waals surface area contributed by atoms with Gasteiger partial charge in [-0.3, -0.25) is 0 Å². The van der Waals surface area contributed by atoms with Gasteiger partial charge in [-0.1, -0.05) is 13.3 Å². The van der Waals surface area contributed by atoms with Gasteiger partial charge in [0, 0.05) is 13.1 Å². The van der Waals surface area contributed by atoms with Crippen LogP contribution in [-0.4, -0.2) is 23.3 Å². The molecule has 13 heavy (non-hydrogen) atoms. The van der Waals surface area contributed by atoms with E-state index < -0.39 is 0 Å². The number of nitrogens with zero attached hydrogens (tertiary/aromatic N) is 3. The molecule has 1 aromatic heterocycles. The summed E-state index contributed by atoms with van der Waals surface area (Å²) in [7, 11) is 0. The Balaban J connectivity index is 2.56. The van der Waals surface area contributed by atoms with Crippen LogP contribution in [0.5, 0.6) is 0 Å². The average molecular weight is 178 g/mol. The van der Waals surface area contributed by atoms with E-state index in [0.717, 1.165) is 18.8 Å². The van der Waals surface area contributed by atoms with Gasteiger partial charge in [-0.2, -0.15) is 5.10 Å². The summed E-state index contributed by atoms with van der Waals surface area (Å²) in [5, 5.41) is 7.46. The van der Waals surface area contributed by atoms with Crippen LogP contribution in [0.25, 0.3) is 0 Å². The van der Waals surface area contributed by atoms with Gasteiger partial charge in [0.25, 0.3) is 0 Å². The summed E-state index contributed by atoms with van der Waals surface area (Å²) in [6.07, 6.45) is 7.03. The van der Waals surface area contributed by atoms with Crippen molar-refractivity contribution in [2.45, 2.75) is 26.7 Å².